The Kier molecular flexibility index (Phi) is 6.59. The molecule has 1 atom stereocenters. The number of carbonyl (C=O) groups is 1. The summed E-state index contributed by atoms with van der Waals surface area (Å²) in [4.78, 5) is 12.3. The maximum atomic E-state index is 12.9. The van der Waals surface area contributed by atoms with E-state index < -0.39 is 27.9 Å². The first-order valence-electron chi connectivity index (χ1n) is 8.84. The van der Waals surface area contributed by atoms with Crippen LogP contribution in [0.3, 0.4) is 0 Å². The van der Waals surface area contributed by atoms with Gasteiger partial charge in [0.25, 0.3) is 15.9 Å². The maximum absolute atomic E-state index is 12.9. The first kappa shape index (κ1) is 21.6. The lowest BCUT2D eigenvalue weighted by atomic mass is 10.3. The fraction of sp³-hybridized carbons (Fsp3) is 0.0952. The molecule has 0 aromatic heterocycles. The molecule has 0 radical (unpaired) electrons. The van der Waals surface area contributed by atoms with Crippen LogP contribution in [0, 0.1) is 5.82 Å². The van der Waals surface area contributed by atoms with Crippen molar-refractivity contribution in [1.82, 2.24) is 0 Å². The van der Waals surface area contributed by atoms with E-state index in [0.29, 0.717) is 22.1 Å². The zero-order valence-electron chi connectivity index (χ0n) is 15.8. The molecule has 3 aromatic rings. The highest BCUT2D eigenvalue weighted by Crippen LogP contribution is 2.21. The van der Waals surface area contributed by atoms with E-state index in [1.54, 1.807) is 25.1 Å². The second-order valence-electron chi connectivity index (χ2n) is 6.34. The van der Waals surface area contributed by atoms with Crippen LogP contribution in [0.2, 0.25) is 5.02 Å². The molecular formula is C21H18ClFN2O4S. The molecule has 0 unspecified atom stereocenters. The molecule has 0 fully saturated rings. The number of sulfonamides is 1. The highest BCUT2D eigenvalue weighted by atomic mass is 35.5. The number of hydrogen-bond acceptors (Lipinski definition) is 4. The van der Waals surface area contributed by atoms with E-state index in [-0.39, 0.29) is 4.90 Å². The number of hydrogen-bond donors (Lipinski definition) is 2. The van der Waals surface area contributed by atoms with E-state index in [1.807, 2.05) is 0 Å². The van der Waals surface area contributed by atoms with E-state index in [9.17, 15) is 17.6 Å². The minimum absolute atomic E-state index is 0.0242. The third-order valence-corrected chi connectivity index (χ3v) is 5.64. The van der Waals surface area contributed by atoms with Gasteiger partial charge < -0.3 is 10.1 Å². The van der Waals surface area contributed by atoms with E-state index in [2.05, 4.69) is 10.0 Å². The summed E-state index contributed by atoms with van der Waals surface area (Å²) in [6, 6.07) is 17.3. The van der Waals surface area contributed by atoms with Gasteiger partial charge in [-0.2, -0.15) is 0 Å². The molecule has 156 valence electrons. The highest BCUT2D eigenvalue weighted by molar-refractivity contribution is 7.92. The summed E-state index contributed by atoms with van der Waals surface area (Å²) in [6.45, 7) is 1.55. The van der Waals surface area contributed by atoms with Crippen molar-refractivity contribution in [3.63, 3.8) is 0 Å². The minimum atomic E-state index is -3.81. The maximum Gasteiger partial charge on any atom is 0.265 e. The Balaban J connectivity index is 1.63. The van der Waals surface area contributed by atoms with E-state index in [1.165, 1.54) is 54.6 Å². The molecule has 2 N–H and O–H groups in total. The smallest absolute Gasteiger partial charge is 0.265 e. The molecule has 0 saturated heterocycles. The molecule has 9 heteroatoms. The molecule has 0 saturated carbocycles. The highest BCUT2D eigenvalue weighted by Gasteiger charge is 2.17. The molecule has 0 aliphatic heterocycles. The van der Waals surface area contributed by atoms with Crippen molar-refractivity contribution >= 4 is 38.9 Å². The SMILES string of the molecule is C[C@H](Oc1ccc(F)cc1)C(=O)Nc1ccc(S(=O)(=O)Nc2cccc(Cl)c2)cc1. The first-order chi connectivity index (χ1) is 14.2. The van der Waals surface area contributed by atoms with E-state index in [0.717, 1.165) is 0 Å². The van der Waals surface area contributed by atoms with Crippen molar-refractivity contribution in [3.05, 3.63) is 83.6 Å². The fourth-order valence-corrected chi connectivity index (χ4v) is 3.74. The molecule has 0 aliphatic carbocycles. The molecule has 3 aromatic carbocycles. The molecule has 6 nitrogen and oxygen atoms in total. The summed E-state index contributed by atoms with van der Waals surface area (Å²) in [7, 11) is -3.81. The van der Waals surface area contributed by atoms with Gasteiger partial charge in [0.2, 0.25) is 0 Å². The van der Waals surface area contributed by atoms with Crippen molar-refractivity contribution in [2.45, 2.75) is 17.9 Å². The van der Waals surface area contributed by atoms with Crippen LogP contribution in [0.1, 0.15) is 6.92 Å². The lowest BCUT2D eigenvalue weighted by Gasteiger charge is -2.15. The van der Waals surface area contributed by atoms with Crippen molar-refractivity contribution in [1.29, 1.82) is 0 Å². The quantitative estimate of drug-likeness (QED) is 0.549. The normalized spacial score (nSPS) is 12.1. The Labute approximate surface area is 178 Å². The largest absolute Gasteiger partial charge is 0.481 e. The Morgan fingerprint density at radius 3 is 2.30 bits per heavy atom. The van der Waals surface area contributed by atoms with Gasteiger partial charge in [0.15, 0.2) is 6.10 Å². The van der Waals surface area contributed by atoms with Crippen LogP contribution in [-0.4, -0.2) is 20.4 Å². The van der Waals surface area contributed by atoms with Crippen LogP contribution < -0.4 is 14.8 Å². The average molecular weight is 449 g/mol. The van der Waals surface area contributed by atoms with Gasteiger partial charge in [0.05, 0.1) is 10.6 Å². The van der Waals surface area contributed by atoms with Gasteiger partial charge in [-0.25, -0.2) is 12.8 Å². The fourth-order valence-electron chi connectivity index (χ4n) is 2.50. The monoisotopic (exact) mass is 448 g/mol. The minimum Gasteiger partial charge on any atom is -0.481 e. The zero-order valence-corrected chi connectivity index (χ0v) is 17.4. The number of nitrogens with one attached hydrogen (secondary N) is 2. The van der Waals surface area contributed by atoms with Crippen molar-refractivity contribution < 1.29 is 22.3 Å². The summed E-state index contributed by atoms with van der Waals surface area (Å²) in [5.74, 6) is -0.487. The van der Waals surface area contributed by atoms with Crippen molar-refractivity contribution in [2.75, 3.05) is 10.0 Å². The predicted molar refractivity (Wildman–Crippen MR) is 114 cm³/mol. The standard InChI is InChI=1S/C21H18ClFN2O4S/c1-14(29-19-9-5-16(23)6-10-19)21(26)24-17-7-11-20(12-8-17)30(27,28)25-18-4-2-3-15(22)13-18/h2-14,25H,1H3,(H,24,26)/t14-/m0/s1. The van der Waals surface area contributed by atoms with Crippen LogP contribution in [0.5, 0.6) is 5.75 Å². The average Bonchev–Trinajstić information content (AvgIpc) is 2.70. The molecule has 0 aliphatic rings. The number of benzene rings is 3. The van der Waals surface area contributed by atoms with Crippen molar-refractivity contribution in [2.24, 2.45) is 0 Å². The lowest BCUT2D eigenvalue weighted by molar-refractivity contribution is -0.122. The van der Waals surface area contributed by atoms with Gasteiger partial charge in [-0.1, -0.05) is 17.7 Å². The van der Waals surface area contributed by atoms with Gasteiger partial charge in [0, 0.05) is 10.7 Å². The van der Waals surface area contributed by atoms with Gasteiger partial charge in [0.1, 0.15) is 11.6 Å². The number of halogens is 2. The molecule has 30 heavy (non-hydrogen) atoms. The zero-order chi connectivity index (χ0) is 21.7. The van der Waals surface area contributed by atoms with Gasteiger partial charge in [-0.05, 0) is 73.7 Å². The molecule has 0 heterocycles. The second-order valence-corrected chi connectivity index (χ2v) is 8.46. The van der Waals surface area contributed by atoms with E-state index in [4.69, 9.17) is 16.3 Å². The Morgan fingerprint density at radius 1 is 1.00 bits per heavy atom. The molecular weight excluding hydrogens is 431 g/mol. The van der Waals surface area contributed by atoms with Gasteiger partial charge >= 0.3 is 0 Å². The Hall–Kier alpha value is -3.10. The van der Waals surface area contributed by atoms with Crippen LogP contribution in [0.4, 0.5) is 15.8 Å². The van der Waals surface area contributed by atoms with E-state index >= 15 is 0 Å². The summed E-state index contributed by atoms with van der Waals surface area (Å²) in [6.07, 6.45) is -0.844. The Morgan fingerprint density at radius 2 is 1.67 bits per heavy atom. The Bertz CT molecular complexity index is 1140. The number of rotatable bonds is 7. The number of anilines is 2. The molecule has 0 spiro atoms. The number of carbonyl (C=O) groups excluding carboxylic acids is 1. The summed E-state index contributed by atoms with van der Waals surface area (Å²) in [5.41, 5.74) is 0.739. The third kappa shape index (κ3) is 5.71. The van der Waals surface area contributed by atoms with Crippen LogP contribution in [0.25, 0.3) is 0 Å². The predicted octanol–water partition coefficient (Wildman–Crippen LogP) is 4.69. The summed E-state index contributed by atoms with van der Waals surface area (Å²) < 4.78 is 45.8. The molecule has 1 amide bonds. The third-order valence-electron chi connectivity index (χ3n) is 4.00. The topological polar surface area (TPSA) is 84.5 Å². The second kappa shape index (κ2) is 9.15. The summed E-state index contributed by atoms with van der Waals surface area (Å²) in [5, 5.41) is 3.05. The van der Waals surface area contributed by atoms with Crippen LogP contribution >= 0.6 is 11.6 Å². The van der Waals surface area contributed by atoms with Gasteiger partial charge in [-0.15, -0.1) is 0 Å². The first-order valence-corrected chi connectivity index (χ1v) is 10.7. The van der Waals surface area contributed by atoms with Crippen LogP contribution in [0.15, 0.2) is 77.7 Å². The van der Waals surface area contributed by atoms with Crippen molar-refractivity contribution in [3.8, 4) is 5.75 Å². The summed E-state index contributed by atoms with van der Waals surface area (Å²) >= 11 is 5.87. The molecule has 0 bridgehead atoms. The van der Waals surface area contributed by atoms with Crippen LogP contribution in [-0.2, 0) is 14.8 Å². The lowest BCUT2D eigenvalue weighted by Crippen LogP contribution is -2.30. The number of amides is 1. The van der Waals surface area contributed by atoms with Gasteiger partial charge in [-0.3, -0.25) is 9.52 Å². The number of ether oxygens (including phenoxy) is 1. The molecule has 3 rings (SSSR count).